The van der Waals surface area contributed by atoms with E-state index in [-0.39, 0.29) is 17.6 Å². The van der Waals surface area contributed by atoms with Crippen molar-refractivity contribution in [2.24, 2.45) is 0 Å². The van der Waals surface area contributed by atoms with Crippen LogP contribution in [0.2, 0.25) is 5.02 Å². The van der Waals surface area contributed by atoms with Gasteiger partial charge >= 0.3 is 0 Å². The Kier molecular flexibility index (Phi) is 4.08. The molecule has 0 aliphatic heterocycles. The largest absolute Gasteiger partial charge is 0.326 e. The third-order valence-electron chi connectivity index (χ3n) is 1.95. The molecule has 0 saturated carbocycles. The van der Waals surface area contributed by atoms with Crippen LogP contribution in [-0.4, -0.2) is 18.2 Å². The van der Waals surface area contributed by atoms with Crippen LogP contribution in [0.5, 0.6) is 0 Å². The van der Waals surface area contributed by atoms with Gasteiger partial charge in [-0.05, 0) is 19.1 Å². The molecule has 16 heavy (non-hydrogen) atoms. The molecule has 0 heterocycles. The summed E-state index contributed by atoms with van der Waals surface area (Å²) >= 11 is 5.73. The monoisotopic (exact) mass is 263 g/mol. The van der Waals surface area contributed by atoms with Crippen LogP contribution in [0.1, 0.15) is 6.92 Å². The lowest BCUT2D eigenvalue weighted by atomic mass is 10.3. The van der Waals surface area contributed by atoms with Gasteiger partial charge in [-0.15, -0.1) is 0 Å². The molecule has 0 aliphatic carbocycles. The van der Waals surface area contributed by atoms with E-state index in [9.17, 15) is 14.7 Å². The lowest BCUT2D eigenvalue weighted by Crippen LogP contribution is -2.12. The molecule has 0 spiro atoms. The van der Waals surface area contributed by atoms with E-state index in [0.717, 1.165) is 0 Å². The second-order valence-electron chi connectivity index (χ2n) is 3.15. The van der Waals surface area contributed by atoms with Crippen LogP contribution >= 0.6 is 19.0 Å². The van der Waals surface area contributed by atoms with Gasteiger partial charge in [0.2, 0.25) is 7.37 Å². The van der Waals surface area contributed by atoms with Crippen molar-refractivity contribution in [3.05, 3.63) is 33.3 Å². The average Bonchev–Trinajstić information content (AvgIpc) is 2.17. The van der Waals surface area contributed by atoms with Gasteiger partial charge in [0.25, 0.3) is 5.69 Å². The van der Waals surface area contributed by atoms with Gasteiger partial charge in [-0.3, -0.25) is 14.7 Å². The Bertz CT molecular complexity index is 463. The van der Waals surface area contributed by atoms with Crippen molar-refractivity contribution in [2.75, 3.05) is 13.3 Å². The first kappa shape index (κ1) is 13.2. The SMILES string of the molecule is CCOP(C)(=O)c1cc(Cl)ccc1[N+](=O)[O-]. The van der Waals surface area contributed by atoms with Crippen LogP contribution in [0.15, 0.2) is 18.2 Å². The molecule has 0 aromatic heterocycles. The number of hydrogen-bond donors (Lipinski definition) is 0. The summed E-state index contributed by atoms with van der Waals surface area (Å²) in [6.45, 7) is 3.24. The van der Waals surface area contributed by atoms with Gasteiger partial charge < -0.3 is 4.52 Å². The molecule has 1 aromatic rings. The Labute approximate surface area is 98.0 Å². The zero-order valence-electron chi connectivity index (χ0n) is 8.84. The quantitative estimate of drug-likeness (QED) is 0.476. The fourth-order valence-electron chi connectivity index (χ4n) is 1.29. The van der Waals surface area contributed by atoms with Gasteiger partial charge in [0.05, 0.1) is 11.5 Å². The smallest absolute Gasteiger partial charge is 0.282 e. The van der Waals surface area contributed by atoms with Crippen molar-refractivity contribution < 1.29 is 14.0 Å². The van der Waals surface area contributed by atoms with Crippen molar-refractivity contribution in [1.29, 1.82) is 0 Å². The van der Waals surface area contributed by atoms with Gasteiger partial charge in [-0.1, -0.05) is 11.6 Å². The highest BCUT2D eigenvalue weighted by Gasteiger charge is 2.28. The van der Waals surface area contributed by atoms with E-state index >= 15 is 0 Å². The topological polar surface area (TPSA) is 69.4 Å². The van der Waals surface area contributed by atoms with Crippen molar-refractivity contribution >= 4 is 30.0 Å². The molecule has 1 rings (SSSR count). The highest BCUT2D eigenvalue weighted by atomic mass is 35.5. The van der Waals surface area contributed by atoms with E-state index in [1.165, 1.54) is 24.9 Å². The molecule has 88 valence electrons. The highest BCUT2D eigenvalue weighted by molar-refractivity contribution is 7.66. The van der Waals surface area contributed by atoms with E-state index in [2.05, 4.69) is 0 Å². The maximum Gasteiger partial charge on any atom is 0.282 e. The third kappa shape index (κ3) is 2.82. The first-order valence-corrected chi connectivity index (χ1v) is 7.00. The Morgan fingerprint density at radius 3 is 2.69 bits per heavy atom. The molecule has 1 aromatic carbocycles. The molecule has 0 bridgehead atoms. The third-order valence-corrected chi connectivity index (χ3v) is 4.17. The van der Waals surface area contributed by atoms with Crippen LogP contribution < -0.4 is 5.30 Å². The summed E-state index contributed by atoms with van der Waals surface area (Å²) in [6.07, 6.45) is 0. The van der Waals surface area contributed by atoms with E-state index in [4.69, 9.17) is 16.1 Å². The minimum Gasteiger partial charge on any atom is -0.326 e. The molecule has 0 saturated heterocycles. The van der Waals surface area contributed by atoms with Crippen molar-refractivity contribution in [3.8, 4) is 0 Å². The fourth-order valence-corrected chi connectivity index (χ4v) is 3.12. The number of hydrogen-bond acceptors (Lipinski definition) is 4. The zero-order valence-corrected chi connectivity index (χ0v) is 10.5. The average molecular weight is 264 g/mol. The number of nitrogens with zero attached hydrogens (tertiary/aromatic N) is 1. The van der Waals surface area contributed by atoms with Gasteiger partial charge in [0, 0.05) is 17.8 Å². The number of rotatable bonds is 4. The molecular weight excluding hydrogens is 253 g/mol. The Morgan fingerprint density at radius 1 is 1.56 bits per heavy atom. The standard InChI is InChI=1S/C9H11ClNO4P/c1-3-15-16(2,14)9-6-7(10)4-5-8(9)11(12)13/h4-6H,3H2,1-2H3. The first-order valence-electron chi connectivity index (χ1n) is 4.55. The van der Waals surface area contributed by atoms with Crippen LogP contribution in [0.4, 0.5) is 5.69 Å². The predicted molar refractivity (Wildman–Crippen MR) is 62.9 cm³/mol. The molecule has 7 heteroatoms. The highest BCUT2D eigenvalue weighted by Crippen LogP contribution is 2.44. The summed E-state index contributed by atoms with van der Waals surface area (Å²) in [6, 6.07) is 3.93. The van der Waals surface area contributed by atoms with E-state index in [1.807, 2.05) is 0 Å². The first-order chi connectivity index (χ1) is 7.38. The van der Waals surface area contributed by atoms with Gasteiger partial charge in [0.1, 0.15) is 5.30 Å². The maximum absolute atomic E-state index is 12.1. The van der Waals surface area contributed by atoms with Gasteiger partial charge in [0.15, 0.2) is 0 Å². The summed E-state index contributed by atoms with van der Waals surface area (Å²) in [7, 11) is -3.19. The second-order valence-corrected chi connectivity index (χ2v) is 6.02. The molecule has 0 fully saturated rings. The van der Waals surface area contributed by atoms with E-state index < -0.39 is 12.3 Å². The summed E-state index contributed by atoms with van der Waals surface area (Å²) in [5.41, 5.74) is -0.233. The maximum atomic E-state index is 12.1. The van der Waals surface area contributed by atoms with Crippen LogP contribution in [0, 0.1) is 10.1 Å². The molecule has 0 radical (unpaired) electrons. The molecule has 1 unspecified atom stereocenters. The second kappa shape index (κ2) is 4.95. The molecule has 0 aliphatic rings. The number of halogens is 1. The van der Waals surface area contributed by atoms with E-state index in [1.54, 1.807) is 6.92 Å². The molecule has 5 nitrogen and oxygen atoms in total. The number of nitro groups is 1. The Balaban J connectivity index is 3.35. The summed E-state index contributed by atoms with van der Waals surface area (Å²) in [4.78, 5) is 10.2. The lowest BCUT2D eigenvalue weighted by Gasteiger charge is -2.13. The van der Waals surface area contributed by atoms with E-state index in [0.29, 0.717) is 5.02 Å². The summed E-state index contributed by atoms with van der Waals surface area (Å²) in [5, 5.41) is 11.1. The Morgan fingerprint density at radius 2 is 2.19 bits per heavy atom. The normalized spacial score (nSPS) is 14.4. The summed E-state index contributed by atoms with van der Waals surface area (Å²) < 4.78 is 17.2. The molecular formula is C9H11ClNO4P. The van der Waals surface area contributed by atoms with Crippen LogP contribution in [0.25, 0.3) is 0 Å². The van der Waals surface area contributed by atoms with Crippen LogP contribution in [-0.2, 0) is 9.09 Å². The van der Waals surface area contributed by atoms with Crippen molar-refractivity contribution in [3.63, 3.8) is 0 Å². The van der Waals surface area contributed by atoms with Crippen molar-refractivity contribution in [1.82, 2.24) is 0 Å². The van der Waals surface area contributed by atoms with Crippen molar-refractivity contribution in [2.45, 2.75) is 6.92 Å². The summed E-state index contributed by atoms with van der Waals surface area (Å²) in [5.74, 6) is 0. The van der Waals surface area contributed by atoms with Gasteiger partial charge in [-0.2, -0.15) is 0 Å². The number of nitro benzene ring substituents is 1. The number of benzene rings is 1. The molecule has 0 amide bonds. The Hall–Kier alpha value is -0.900. The predicted octanol–water partition coefficient (Wildman–Crippen LogP) is 2.82. The lowest BCUT2D eigenvalue weighted by molar-refractivity contribution is -0.383. The van der Waals surface area contributed by atoms with Crippen LogP contribution in [0.3, 0.4) is 0 Å². The molecule has 1 atom stereocenters. The molecule has 0 N–H and O–H groups in total. The minimum atomic E-state index is -3.19. The zero-order chi connectivity index (χ0) is 12.3. The van der Waals surface area contributed by atoms with Gasteiger partial charge in [-0.25, -0.2) is 0 Å². The fraction of sp³-hybridized carbons (Fsp3) is 0.333. The minimum absolute atomic E-state index is 0.0480.